The number of amides is 1. The van der Waals surface area contributed by atoms with Gasteiger partial charge in [0.1, 0.15) is 11.9 Å². The molecule has 3 rings (SSSR count). The standard InChI is InChI=1S/C19H28N4O5S2/c1-3-4-10-16(19(24)20-14-8-7-12-23(13-14)29(2,25)26)21-18-15-9-5-6-11-17(15)30(27,28)22-18/h5-6,9,11,14,16H,3-4,7-8,10,12-13H2,1-2H3,(H,20,24)(H,21,22). The van der Waals surface area contributed by atoms with Gasteiger partial charge in [-0.05, 0) is 31.4 Å². The van der Waals surface area contributed by atoms with E-state index in [4.69, 9.17) is 0 Å². The third-order valence-electron chi connectivity index (χ3n) is 5.28. The van der Waals surface area contributed by atoms with Crippen LogP contribution in [0.1, 0.15) is 44.6 Å². The lowest BCUT2D eigenvalue weighted by Crippen LogP contribution is -2.51. The first-order valence-corrected chi connectivity index (χ1v) is 13.4. The Hall–Kier alpha value is -1.98. The largest absolute Gasteiger partial charge is 0.350 e. The molecular formula is C19H28N4O5S2. The number of aliphatic imine (C=N–C) groups is 1. The molecule has 2 atom stereocenters. The van der Waals surface area contributed by atoms with Crippen LogP contribution in [0, 0.1) is 0 Å². The van der Waals surface area contributed by atoms with Crippen molar-refractivity contribution in [3.8, 4) is 0 Å². The summed E-state index contributed by atoms with van der Waals surface area (Å²) in [7, 11) is -7.00. The number of amidine groups is 1. The van der Waals surface area contributed by atoms with E-state index in [1.807, 2.05) is 6.92 Å². The Bertz CT molecular complexity index is 1040. The zero-order chi connectivity index (χ0) is 21.9. The van der Waals surface area contributed by atoms with Gasteiger partial charge in [0.25, 0.3) is 10.0 Å². The lowest BCUT2D eigenvalue weighted by Gasteiger charge is -2.32. The number of nitrogens with zero attached hydrogens (tertiary/aromatic N) is 2. The molecule has 2 aliphatic rings. The van der Waals surface area contributed by atoms with Crippen molar-refractivity contribution in [2.45, 2.75) is 56.0 Å². The molecule has 11 heteroatoms. The predicted octanol–water partition coefficient (Wildman–Crippen LogP) is 0.824. The number of carbonyl (C=O) groups excluding carboxylic acids is 1. The zero-order valence-electron chi connectivity index (χ0n) is 17.2. The van der Waals surface area contributed by atoms with Gasteiger partial charge < -0.3 is 5.32 Å². The summed E-state index contributed by atoms with van der Waals surface area (Å²) < 4.78 is 52.1. The van der Waals surface area contributed by atoms with Crippen molar-refractivity contribution in [1.82, 2.24) is 14.3 Å². The molecule has 0 spiro atoms. The van der Waals surface area contributed by atoms with Crippen molar-refractivity contribution in [3.05, 3.63) is 29.8 Å². The molecule has 0 aromatic heterocycles. The molecule has 0 radical (unpaired) electrons. The first-order chi connectivity index (χ1) is 14.1. The van der Waals surface area contributed by atoms with Gasteiger partial charge in [-0.25, -0.2) is 21.1 Å². The second-order valence-electron chi connectivity index (χ2n) is 7.71. The molecule has 2 unspecified atom stereocenters. The molecule has 2 aliphatic heterocycles. The molecule has 9 nitrogen and oxygen atoms in total. The number of benzene rings is 1. The summed E-state index contributed by atoms with van der Waals surface area (Å²) in [5.74, 6) is -0.150. The van der Waals surface area contributed by atoms with Gasteiger partial charge >= 0.3 is 0 Å². The second-order valence-corrected chi connectivity index (χ2v) is 11.3. The Morgan fingerprint density at radius 3 is 2.80 bits per heavy atom. The maximum Gasteiger partial charge on any atom is 0.263 e. The maximum absolute atomic E-state index is 13.0. The topological polar surface area (TPSA) is 125 Å². The number of hydrogen-bond acceptors (Lipinski definition) is 6. The molecular weight excluding hydrogens is 428 g/mol. The second kappa shape index (κ2) is 9.03. The van der Waals surface area contributed by atoms with Crippen molar-refractivity contribution < 1.29 is 21.6 Å². The molecule has 0 saturated carbocycles. The minimum atomic E-state index is -3.68. The summed E-state index contributed by atoms with van der Waals surface area (Å²) >= 11 is 0. The van der Waals surface area contributed by atoms with Crippen molar-refractivity contribution in [1.29, 1.82) is 0 Å². The number of unbranched alkanes of at least 4 members (excludes halogenated alkanes) is 1. The molecule has 1 aromatic carbocycles. The summed E-state index contributed by atoms with van der Waals surface area (Å²) in [4.78, 5) is 17.6. The molecule has 30 heavy (non-hydrogen) atoms. The van der Waals surface area contributed by atoms with Crippen LogP contribution in [0.2, 0.25) is 0 Å². The summed E-state index contributed by atoms with van der Waals surface area (Å²) in [6, 6.07) is 5.47. The highest BCUT2D eigenvalue weighted by molar-refractivity contribution is 7.90. The third-order valence-corrected chi connectivity index (χ3v) is 7.95. The van der Waals surface area contributed by atoms with Crippen molar-refractivity contribution in [2.24, 2.45) is 4.99 Å². The smallest absolute Gasteiger partial charge is 0.263 e. The van der Waals surface area contributed by atoms with Gasteiger partial charge in [-0.3, -0.25) is 14.5 Å². The summed E-state index contributed by atoms with van der Waals surface area (Å²) in [6.07, 6.45) is 4.60. The Morgan fingerprint density at radius 1 is 1.37 bits per heavy atom. The molecule has 2 heterocycles. The molecule has 0 bridgehead atoms. The Balaban J connectivity index is 1.80. The van der Waals surface area contributed by atoms with E-state index < -0.39 is 26.1 Å². The van der Waals surface area contributed by atoms with Gasteiger partial charge in [0.2, 0.25) is 15.9 Å². The molecule has 1 fully saturated rings. The van der Waals surface area contributed by atoms with Crippen molar-refractivity contribution in [2.75, 3.05) is 19.3 Å². The van der Waals surface area contributed by atoms with Crippen LogP contribution in [0.15, 0.2) is 34.2 Å². The number of fused-ring (bicyclic) bond motifs is 1. The highest BCUT2D eigenvalue weighted by atomic mass is 32.2. The third kappa shape index (κ3) is 5.19. The van der Waals surface area contributed by atoms with E-state index in [1.54, 1.807) is 18.2 Å². The minimum Gasteiger partial charge on any atom is -0.350 e. The summed E-state index contributed by atoms with van der Waals surface area (Å²) in [5.41, 5.74) is 0.452. The van der Waals surface area contributed by atoms with Gasteiger partial charge in [-0.2, -0.15) is 0 Å². The van der Waals surface area contributed by atoms with Gasteiger partial charge in [0.05, 0.1) is 11.2 Å². The van der Waals surface area contributed by atoms with E-state index >= 15 is 0 Å². The lowest BCUT2D eigenvalue weighted by atomic mass is 10.1. The molecule has 1 saturated heterocycles. The molecule has 166 valence electrons. The number of nitrogens with one attached hydrogen (secondary N) is 2. The predicted molar refractivity (Wildman–Crippen MR) is 114 cm³/mol. The number of carbonyl (C=O) groups is 1. The molecule has 2 N–H and O–H groups in total. The summed E-state index contributed by atoms with van der Waals surface area (Å²) in [6.45, 7) is 2.68. The van der Waals surface area contributed by atoms with Crippen LogP contribution in [-0.4, -0.2) is 64.3 Å². The van der Waals surface area contributed by atoms with Crippen LogP contribution in [0.3, 0.4) is 0 Å². The van der Waals surface area contributed by atoms with Crippen LogP contribution < -0.4 is 10.0 Å². The van der Waals surface area contributed by atoms with Gasteiger partial charge in [0, 0.05) is 24.7 Å². The first-order valence-electron chi connectivity index (χ1n) is 10.1. The normalized spacial score (nSPS) is 23.5. The first kappa shape index (κ1) is 22.7. The van der Waals surface area contributed by atoms with Crippen molar-refractivity contribution in [3.63, 3.8) is 0 Å². The molecule has 1 amide bonds. The van der Waals surface area contributed by atoms with Gasteiger partial charge in [-0.1, -0.05) is 31.9 Å². The van der Waals surface area contributed by atoms with Crippen LogP contribution in [0.5, 0.6) is 0 Å². The number of hydrogen-bond donors (Lipinski definition) is 2. The van der Waals surface area contributed by atoms with Crippen LogP contribution in [0.4, 0.5) is 0 Å². The Labute approximate surface area is 178 Å². The van der Waals surface area contributed by atoms with E-state index in [-0.39, 0.29) is 29.2 Å². The van der Waals surface area contributed by atoms with Gasteiger partial charge in [0.15, 0.2) is 0 Å². The molecule has 1 aromatic rings. The Kier molecular flexibility index (Phi) is 6.83. The number of rotatable bonds is 7. The average Bonchev–Trinajstić information content (AvgIpc) is 2.95. The van der Waals surface area contributed by atoms with Crippen LogP contribution in [0.25, 0.3) is 0 Å². The monoisotopic (exact) mass is 456 g/mol. The highest BCUT2D eigenvalue weighted by Crippen LogP contribution is 2.23. The van der Waals surface area contributed by atoms with Gasteiger partial charge in [-0.15, -0.1) is 0 Å². The Morgan fingerprint density at radius 2 is 2.10 bits per heavy atom. The fourth-order valence-corrected chi connectivity index (χ4v) is 5.85. The number of piperidine rings is 1. The lowest BCUT2D eigenvalue weighted by molar-refractivity contribution is -0.123. The van der Waals surface area contributed by atoms with E-state index in [9.17, 15) is 21.6 Å². The molecule has 0 aliphatic carbocycles. The fourth-order valence-electron chi connectivity index (χ4n) is 3.70. The van der Waals surface area contributed by atoms with E-state index in [1.165, 1.54) is 10.4 Å². The van der Waals surface area contributed by atoms with E-state index in [2.05, 4.69) is 15.0 Å². The van der Waals surface area contributed by atoms with E-state index in [0.717, 1.165) is 19.1 Å². The van der Waals surface area contributed by atoms with E-state index in [0.29, 0.717) is 31.4 Å². The summed E-state index contributed by atoms with van der Waals surface area (Å²) in [5, 5.41) is 2.92. The zero-order valence-corrected chi connectivity index (χ0v) is 18.8. The quantitative estimate of drug-likeness (QED) is 0.629. The number of sulfonamides is 2. The SMILES string of the molecule is CCCCC(N=C1NS(=O)(=O)c2ccccc21)C(=O)NC1CCCN(S(C)(=O)=O)C1. The van der Waals surface area contributed by atoms with Crippen LogP contribution >= 0.6 is 0 Å². The average molecular weight is 457 g/mol. The maximum atomic E-state index is 13.0. The minimum absolute atomic E-state index is 0.148. The van der Waals surface area contributed by atoms with Crippen LogP contribution in [-0.2, 0) is 24.8 Å². The highest BCUT2D eigenvalue weighted by Gasteiger charge is 2.33. The fraction of sp³-hybridized carbons (Fsp3) is 0.579. The van der Waals surface area contributed by atoms with Crippen molar-refractivity contribution >= 4 is 31.8 Å².